The van der Waals surface area contributed by atoms with Crippen molar-refractivity contribution in [3.8, 4) is 5.75 Å². The molecule has 0 aromatic heterocycles. The van der Waals surface area contributed by atoms with E-state index in [0.717, 1.165) is 29.7 Å². The maximum absolute atomic E-state index is 11.0. The molecule has 1 unspecified atom stereocenters. The Bertz CT molecular complexity index is 465. The first-order valence-corrected chi connectivity index (χ1v) is 6.30. The average Bonchev–Trinajstić information content (AvgIpc) is 3.19. The van der Waals surface area contributed by atoms with Gasteiger partial charge in [-0.1, -0.05) is 12.1 Å². The van der Waals surface area contributed by atoms with Gasteiger partial charge in [-0.25, -0.2) is 0 Å². The van der Waals surface area contributed by atoms with Crippen molar-refractivity contribution in [3.63, 3.8) is 0 Å². The van der Waals surface area contributed by atoms with Crippen molar-refractivity contribution in [2.45, 2.75) is 31.8 Å². The van der Waals surface area contributed by atoms with Crippen LogP contribution in [0.2, 0.25) is 0 Å². The summed E-state index contributed by atoms with van der Waals surface area (Å²) in [5.74, 6) is 0.717. The van der Waals surface area contributed by atoms with Crippen molar-refractivity contribution in [1.29, 1.82) is 0 Å². The van der Waals surface area contributed by atoms with Crippen molar-refractivity contribution in [3.05, 3.63) is 29.3 Å². The van der Waals surface area contributed by atoms with Crippen LogP contribution in [-0.2, 0) is 16.1 Å². The number of aliphatic carboxylic acids is 1. The zero-order valence-corrected chi connectivity index (χ0v) is 10.1. The van der Waals surface area contributed by atoms with Gasteiger partial charge in [0.05, 0.1) is 13.0 Å². The number of carbonyl (C=O) groups is 1. The fraction of sp³-hybridized carbons (Fsp3) is 0.500. The molecule has 18 heavy (non-hydrogen) atoms. The van der Waals surface area contributed by atoms with E-state index in [9.17, 15) is 4.79 Å². The second-order valence-corrected chi connectivity index (χ2v) is 4.98. The number of carboxylic acids is 1. The lowest BCUT2D eigenvalue weighted by molar-refractivity contribution is -0.137. The average molecular weight is 248 g/mol. The molecule has 0 radical (unpaired) electrons. The summed E-state index contributed by atoms with van der Waals surface area (Å²) in [6.07, 6.45) is 2.45. The van der Waals surface area contributed by atoms with Crippen molar-refractivity contribution >= 4 is 5.97 Å². The van der Waals surface area contributed by atoms with E-state index in [4.69, 9.17) is 14.6 Å². The molecule has 4 nitrogen and oxygen atoms in total. The molecule has 1 N–H and O–H groups in total. The van der Waals surface area contributed by atoms with Gasteiger partial charge in [-0.2, -0.15) is 0 Å². The molecule has 1 aliphatic carbocycles. The van der Waals surface area contributed by atoms with Crippen LogP contribution in [0.15, 0.2) is 18.2 Å². The minimum atomic E-state index is -0.734. The van der Waals surface area contributed by atoms with Crippen molar-refractivity contribution < 1.29 is 19.4 Å². The van der Waals surface area contributed by atoms with Gasteiger partial charge in [-0.3, -0.25) is 4.79 Å². The number of benzene rings is 1. The van der Waals surface area contributed by atoms with E-state index >= 15 is 0 Å². The second-order valence-electron chi connectivity index (χ2n) is 4.98. The summed E-state index contributed by atoms with van der Waals surface area (Å²) < 4.78 is 10.8. The molecule has 1 fully saturated rings. The highest BCUT2D eigenvalue weighted by atomic mass is 16.7. The minimum Gasteiger partial charge on any atom is -0.481 e. The number of carboxylic acid groups (broad SMARTS) is 1. The van der Waals surface area contributed by atoms with Gasteiger partial charge in [0.25, 0.3) is 0 Å². The smallest absolute Gasteiger partial charge is 0.303 e. The summed E-state index contributed by atoms with van der Waals surface area (Å²) >= 11 is 0. The molecule has 1 saturated carbocycles. The van der Waals surface area contributed by atoms with Crippen LogP contribution in [0.1, 0.15) is 36.3 Å². The predicted molar refractivity (Wildman–Crippen MR) is 64.4 cm³/mol. The van der Waals surface area contributed by atoms with Crippen LogP contribution in [0.4, 0.5) is 0 Å². The molecule has 1 aromatic carbocycles. The number of rotatable bonds is 4. The summed E-state index contributed by atoms with van der Waals surface area (Å²) in [5.41, 5.74) is 2.12. The Morgan fingerprint density at radius 1 is 1.44 bits per heavy atom. The van der Waals surface area contributed by atoms with Gasteiger partial charge in [-0.15, -0.1) is 0 Å². The first-order valence-electron chi connectivity index (χ1n) is 6.30. The van der Waals surface area contributed by atoms with E-state index in [1.807, 2.05) is 18.2 Å². The highest BCUT2D eigenvalue weighted by Crippen LogP contribution is 2.47. The molecule has 1 heterocycles. The van der Waals surface area contributed by atoms with E-state index < -0.39 is 5.97 Å². The number of fused-ring (bicyclic) bond motifs is 1. The monoisotopic (exact) mass is 248 g/mol. The SMILES string of the molecule is O=C(O)CC(c1cccc2c1COCO2)C1CC1. The molecule has 96 valence electrons. The van der Waals surface area contributed by atoms with Gasteiger partial charge in [0.1, 0.15) is 5.75 Å². The van der Waals surface area contributed by atoms with E-state index in [1.165, 1.54) is 0 Å². The van der Waals surface area contributed by atoms with Gasteiger partial charge in [0.15, 0.2) is 6.79 Å². The van der Waals surface area contributed by atoms with E-state index in [0.29, 0.717) is 12.5 Å². The Labute approximate surface area is 106 Å². The van der Waals surface area contributed by atoms with Crippen LogP contribution in [0.5, 0.6) is 5.75 Å². The Kier molecular flexibility index (Phi) is 2.96. The number of ether oxygens (including phenoxy) is 2. The van der Waals surface area contributed by atoms with Gasteiger partial charge in [-0.05, 0) is 36.3 Å². The van der Waals surface area contributed by atoms with Crippen LogP contribution in [0, 0.1) is 5.92 Å². The van der Waals surface area contributed by atoms with Crippen LogP contribution in [0.3, 0.4) is 0 Å². The molecule has 1 atom stereocenters. The summed E-state index contributed by atoms with van der Waals surface area (Å²) in [4.78, 5) is 11.0. The largest absolute Gasteiger partial charge is 0.481 e. The van der Waals surface area contributed by atoms with Crippen molar-refractivity contribution in [2.24, 2.45) is 5.92 Å². The third kappa shape index (κ3) is 2.20. The first-order chi connectivity index (χ1) is 8.75. The van der Waals surface area contributed by atoms with E-state index in [1.54, 1.807) is 0 Å². The van der Waals surface area contributed by atoms with Crippen LogP contribution >= 0.6 is 0 Å². The molecule has 0 bridgehead atoms. The molecule has 0 saturated heterocycles. The molecule has 0 amide bonds. The quantitative estimate of drug-likeness (QED) is 0.889. The summed E-state index contributed by atoms with van der Waals surface area (Å²) in [7, 11) is 0. The van der Waals surface area contributed by atoms with Crippen LogP contribution in [-0.4, -0.2) is 17.9 Å². The van der Waals surface area contributed by atoms with Crippen LogP contribution in [0.25, 0.3) is 0 Å². The van der Waals surface area contributed by atoms with Gasteiger partial charge < -0.3 is 14.6 Å². The lowest BCUT2D eigenvalue weighted by atomic mass is 9.87. The molecule has 3 rings (SSSR count). The molecular formula is C14H16O4. The topological polar surface area (TPSA) is 55.8 Å². The highest BCUT2D eigenvalue weighted by Gasteiger charge is 2.35. The number of hydrogen-bond acceptors (Lipinski definition) is 3. The Hall–Kier alpha value is -1.55. The second kappa shape index (κ2) is 4.61. The van der Waals surface area contributed by atoms with Gasteiger partial charge in [0, 0.05) is 5.56 Å². The molecule has 1 aromatic rings. The predicted octanol–water partition coefficient (Wildman–Crippen LogP) is 2.52. The zero-order chi connectivity index (χ0) is 12.5. The Balaban J connectivity index is 1.95. The van der Waals surface area contributed by atoms with Gasteiger partial charge >= 0.3 is 5.97 Å². The lowest BCUT2D eigenvalue weighted by Gasteiger charge is -2.24. The Morgan fingerprint density at radius 2 is 2.28 bits per heavy atom. The summed E-state index contributed by atoms with van der Waals surface area (Å²) in [6, 6.07) is 5.88. The standard InChI is InChI=1S/C14H16O4/c15-14(16)6-11(9-4-5-9)10-2-1-3-13-12(10)7-17-8-18-13/h1-3,9,11H,4-8H2,(H,15,16). The maximum atomic E-state index is 11.0. The van der Waals surface area contributed by atoms with E-state index in [2.05, 4.69) is 0 Å². The minimum absolute atomic E-state index is 0.0998. The molecule has 4 heteroatoms. The van der Waals surface area contributed by atoms with Gasteiger partial charge in [0.2, 0.25) is 0 Å². The molecule has 0 spiro atoms. The Morgan fingerprint density at radius 3 is 3.00 bits per heavy atom. The van der Waals surface area contributed by atoms with Crippen LogP contribution < -0.4 is 4.74 Å². The van der Waals surface area contributed by atoms with E-state index in [-0.39, 0.29) is 19.1 Å². The first kappa shape index (κ1) is 11.5. The highest BCUT2D eigenvalue weighted by molar-refractivity contribution is 5.68. The maximum Gasteiger partial charge on any atom is 0.303 e. The third-order valence-corrected chi connectivity index (χ3v) is 3.70. The van der Waals surface area contributed by atoms with Crippen molar-refractivity contribution in [1.82, 2.24) is 0 Å². The summed E-state index contributed by atoms with van der Waals surface area (Å²) in [5, 5.41) is 9.06. The number of hydrogen-bond donors (Lipinski definition) is 1. The zero-order valence-electron chi connectivity index (χ0n) is 10.1. The fourth-order valence-corrected chi connectivity index (χ4v) is 2.69. The fourth-order valence-electron chi connectivity index (χ4n) is 2.69. The lowest BCUT2D eigenvalue weighted by Crippen LogP contribution is -2.16. The molecule has 2 aliphatic rings. The summed E-state index contributed by atoms with van der Waals surface area (Å²) in [6.45, 7) is 0.803. The van der Waals surface area contributed by atoms with Crippen molar-refractivity contribution in [2.75, 3.05) is 6.79 Å². The normalized spacial score (nSPS) is 19.8. The molecule has 1 aliphatic heterocycles. The third-order valence-electron chi connectivity index (χ3n) is 3.70. The molecular weight excluding hydrogens is 232 g/mol.